The molecule has 0 fully saturated rings. The van der Waals surface area contributed by atoms with Gasteiger partial charge in [0.2, 0.25) is 11.5 Å². The number of aromatic hydroxyl groups is 4. The molecule has 468 valence electrons. The quantitative estimate of drug-likeness (QED) is 0.0179. The molecule has 15 heteroatoms. The normalized spacial score (nSPS) is 14.0. The number of hydrogen-bond donors (Lipinski definition) is 4. The van der Waals surface area contributed by atoms with Crippen molar-refractivity contribution >= 4 is 29.8 Å². The van der Waals surface area contributed by atoms with Gasteiger partial charge in [0.05, 0.1) is 5.56 Å². The van der Waals surface area contributed by atoms with Crippen LogP contribution in [-0.2, 0) is 30.3 Å². The smallest absolute Gasteiger partial charge is 0.338 e. The zero-order chi connectivity index (χ0) is 61.4. The number of phenols is 4. The van der Waals surface area contributed by atoms with Crippen molar-refractivity contribution in [1.29, 1.82) is 0 Å². The second-order valence-electron chi connectivity index (χ2n) is 22.1. The zero-order valence-corrected chi connectivity index (χ0v) is 51.4. The molecule has 4 rings (SSSR count). The summed E-state index contributed by atoms with van der Waals surface area (Å²) in [5.41, 5.74) is -0.0653. The van der Waals surface area contributed by atoms with E-state index >= 15 is 0 Å². The summed E-state index contributed by atoms with van der Waals surface area (Å²) in [6.45, 7) is 8.67. The van der Waals surface area contributed by atoms with E-state index < -0.39 is 65.1 Å². The van der Waals surface area contributed by atoms with E-state index in [1.807, 2.05) is 48.6 Å². The van der Waals surface area contributed by atoms with Crippen LogP contribution < -0.4 is 23.7 Å². The molecule has 0 saturated heterocycles. The number of allylic oxidation sites excluding steroid dienone is 8. The lowest BCUT2D eigenvalue weighted by atomic mass is 9.93. The van der Waals surface area contributed by atoms with Crippen molar-refractivity contribution in [3.05, 3.63) is 102 Å². The molecule has 15 nitrogen and oxygen atoms in total. The first kappa shape index (κ1) is 70.5. The van der Waals surface area contributed by atoms with Crippen molar-refractivity contribution in [2.24, 2.45) is 0 Å². The van der Waals surface area contributed by atoms with Gasteiger partial charge < -0.3 is 48.8 Å². The molecule has 3 aromatic rings. The third-order valence-corrected chi connectivity index (χ3v) is 14.6. The number of carbonyl (C=O) groups is 5. The molecule has 0 spiro atoms. The lowest BCUT2D eigenvalue weighted by Crippen LogP contribution is -2.35. The number of benzene rings is 3. The molecule has 1 heterocycles. The fraction of sp³-hybridized carbons (Fsp3) is 0.557. The summed E-state index contributed by atoms with van der Waals surface area (Å²) in [6.07, 6.45) is 40.2. The topological polar surface area (TPSA) is 222 Å². The van der Waals surface area contributed by atoms with Crippen molar-refractivity contribution in [1.82, 2.24) is 0 Å². The van der Waals surface area contributed by atoms with E-state index in [4.69, 9.17) is 28.4 Å². The van der Waals surface area contributed by atoms with Crippen LogP contribution in [0.4, 0.5) is 0 Å². The summed E-state index contributed by atoms with van der Waals surface area (Å²) < 4.78 is 35.4. The fourth-order valence-electron chi connectivity index (χ4n) is 9.72. The number of unbranched alkanes of at least 4 members (excludes halogenated alkanes) is 20. The molecule has 1 aliphatic rings. The highest BCUT2D eigenvalue weighted by Crippen LogP contribution is 2.47. The Balaban J connectivity index is 1.67. The van der Waals surface area contributed by atoms with Gasteiger partial charge in [-0.3, -0.25) is 19.2 Å². The molecule has 4 N–H and O–H groups in total. The second kappa shape index (κ2) is 41.9. The first-order valence-corrected chi connectivity index (χ1v) is 31.9. The molecule has 1 aliphatic heterocycles. The molecule has 0 bridgehead atoms. The van der Waals surface area contributed by atoms with Crippen LogP contribution >= 0.6 is 0 Å². The van der Waals surface area contributed by atoms with E-state index in [-0.39, 0.29) is 77.5 Å². The first-order chi connectivity index (χ1) is 41.3. The Morgan fingerprint density at radius 3 is 1.12 bits per heavy atom. The van der Waals surface area contributed by atoms with E-state index in [0.717, 1.165) is 121 Å². The zero-order valence-electron chi connectivity index (χ0n) is 51.4. The molecule has 0 aromatic heterocycles. The van der Waals surface area contributed by atoms with Crippen LogP contribution in [0, 0.1) is 0 Å². The Kier molecular flexibility index (Phi) is 34.7. The van der Waals surface area contributed by atoms with Crippen LogP contribution in [0.2, 0.25) is 0 Å². The van der Waals surface area contributed by atoms with E-state index in [9.17, 15) is 44.4 Å². The van der Waals surface area contributed by atoms with Gasteiger partial charge >= 0.3 is 29.8 Å². The Bertz CT molecular complexity index is 2500. The third kappa shape index (κ3) is 27.7. The van der Waals surface area contributed by atoms with E-state index in [1.54, 1.807) is 0 Å². The van der Waals surface area contributed by atoms with Crippen LogP contribution in [0.5, 0.6) is 51.7 Å². The Morgan fingerprint density at radius 1 is 0.435 bits per heavy atom. The summed E-state index contributed by atoms with van der Waals surface area (Å²) in [6, 6.07) is 7.12. The molecule has 85 heavy (non-hydrogen) atoms. The summed E-state index contributed by atoms with van der Waals surface area (Å²) in [4.78, 5) is 68.1. The maximum absolute atomic E-state index is 14.6. The van der Waals surface area contributed by atoms with Crippen LogP contribution in [0.25, 0.3) is 0 Å². The van der Waals surface area contributed by atoms with Gasteiger partial charge in [0, 0.05) is 55.4 Å². The van der Waals surface area contributed by atoms with Crippen molar-refractivity contribution in [2.45, 2.75) is 252 Å². The summed E-state index contributed by atoms with van der Waals surface area (Å²) >= 11 is 0. The highest BCUT2D eigenvalue weighted by atomic mass is 16.6. The minimum atomic E-state index is -1.37. The molecule has 0 aliphatic carbocycles. The van der Waals surface area contributed by atoms with Gasteiger partial charge in [-0.25, -0.2) is 4.79 Å². The lowest BCUT2D eigenvalue weighted by molar-refractivity contribution is -0.135. The van der Waals surface area contributed by atoms with Gasteiger partial charge in [0.1, 0.15) is 23.4 Å². The monoisotopic (exact) mass is 1180 g/mol. The maximum Gasteiger partial charge on any atom is 0.338 e. The van der Waals surface area contributed by atoms with E-state index in [2.05, 4.69) is 27.7 Å². The Labute approximate surface area is 505 Å². The average molecular weight is 1180 g/mol. The van der Waals surface area contributed by atoms with Crippen LogP contribution in [-0.4, -0.2) is 56.4 Å². The van der Waals surface area contributed by atoms with Gasteiger partial charge in [-0.15, -0.1) is 0 Å². The molecule has 2 atom stereocenters. The van der Waals surface area contributed by atoms with E-state index in [0.29, 0.717) is 25.7 Å². The maximum atomic E-state index is 14.6. The van der Waals surface area contributed by atoms with Gasteiger partial charge in [-0.1, -0.05) is 179 Å². The predicted molar refractivity (Wildman–Crippen MR) is 332 cm³/mol. The minimum absolute atomic E-state index is 0.00549. The number of fused-ring (bicyclic) bond motifs is 1. The van der Waals surface area contributed by atoms with E-state index in [1.165, 1.54) is 69.6 Å². The summed E-state index contributed by atoms with van der Waals surface area (Å²) in [5.74, 6) is -7.65. The highest BCUT2D eigenvalue weighted by Gasteiger charge is 2.38. The van der Waals surface area contributed by atoms with Crippen LogP contribution in [0.1, 0.15) is 261 Å². The van der Waals surface area contributed by atoms with Gasteiger partial charge in [-0.05, 0) is 101 Å². The molecule has 0 saturated carbocycles. The van der Waals surface area contributed by atoms with Gasteiger partial charge in [-0.2, -0.15) is 0 Å². The molecule has 0 amide bonds. The highest BCUT2D eigenvalue weighted by molar-refractivity contribution is 5.92. The number of hydrogen-bond acceptors (Lipinski definition) is 15. The summed E-state index contributed by atoms with van der Waals surface area (Å²) in [5, 5.41) is 44.8. The Hall–Kier alpha value is -7.03. The van der Waals surface area contributed by atoms with Crippen molar-refractivity contribution in [2.75, 3.05) is 0 Å². The predicted octanol–water partition coefficient (Wildman–Crippen LogP) is 17.8. The van der Waals surface area contributed by atoms with Crippen molar-refractivity contribution in [3.63, 3.8) is 0 Å². The molecule has 2 unspecified atom stereocenters. The number of rotatable bonds is 43. The molecule has 3 aromatic carbocycles. The second-order valence-corrected chi connectivity index (χ2v) is 22.1. The minimum Gasteiger partial charge on any atom is -0.508 e. The SMILES string of the molecule is CCCCCCC/C=C/CCC(=O)Oc1cc(C(=O)OC2Cc3c(O)cc(O)cc3OC2c2cc(OC(=O)CC/C=C/CCCCCCC)c(O)c(OC(=O)CC/C=C/CCCCCCC)c2)cc(OC(=O)CC/C=C/CCCCCCC)c1O. The number of carbonyl (C=O) groups excluding carboxylic acids is 5. The van der Waals surface area contributed by atoms with Crippen LogP contribution in [0.3, 0.4) is 0 Å². The summed E-state index contributed by atoms with van der Waals surface area (Å²) in [7, 11) is 0. The van der Waals surface area contributed by atoms with Crippen molar-refractivity contribution < 1.29 is 72.8 Å². The largest absolute Gasteiger partial charge is 0.508 e. The Morgan fingerprint density at radius 2 is 0.765 bits per heavy atom. The molecule has 0 radical (unpaired) electrons. The average Bonchev–Trinajstić information content (AvgIpc) is 3.21. The third-order valence-electron chi connectivity index (χ3n) is 14.6. The number of ether oxygens (including phenoxy) is 6. The number of esters is 5. The fourth-order valence-corrected chi connectivity index (χ4v) is 9.72. The number of phenolic OH excluding ortho intramolecular Hbond substituents is 4. The lowest BCUT2D eigenvalue weighted by Gasteiger charge is -2.34. The molecular formula is C70H98O15. The van der Waals surface area contributed by atoms with Crippen molar-refractivity contribution in [3.8, 4) is 51.7 Å². The van der Waals surface area contributed by atoms with Gasteiger partial charge in [0.15, 0.2) is 29.1 Å². The van der Waals surface area contributed by atoms with Crippen LogP contribution in [0.15, 0.2) is 85.0 Å². The van der Waals surface area contributed by atoms with Gasteiger partial charge in [0.25, 0.3) is 0 Å². The first-order valence-electron chi connectivity index (χ1n) is 31.9. The standard InChI is InChI=1S/C70H98O15/c1-5-9-13-17-21-25-29-33-37-41-63(73)80-58-45-52(46-59(67(58)77)81-64(74)42-38-34-30-26-22-18-14-10-6-2)69-62(51-55-56(72)49-54(71)50-57(55)84-69)85-70(79)53-47-60(82-65(75)43-39-35-31-27-23-19-15-11-7-3)68(78)61(48-53)83-66(76)44-40-36-32-28-24-20-16-12-8-4/h29-36,45-50,62,69,71-72,77-78H,5-28,37-44,51H2,1-4H3/b33-29+,34-30+,35-31+,36-32+. The molecular weight excluding hydrogens is 1080 g/mol.